The van der Waals surface area contributed by atoms with E-state index in [4.69, 9.17) is 58.5 Å². The molecule has 0 saturated carbocycles. The number of halogens is 3. The second-order valence-corrected chi connectivity index (χ2v) is 26.4. The fraction of sp³-hybridized carbons (Fsp3) is 0.533. The van der Waals surface area contributed by atoms with Crippen LogP contribution in [0.25, 0.3) is 6.08 Å². The van der Waals surface area contributed by atoms with Crippen molar-refractivity contribution < 1.29 is 38.0 Å². The van der Waals surface area contributed by atoms with Crippen LogP contribution in [-0.4, -0.2) is 72.8 Å². The third-order valence-electron chi connectivity index (χ3n) is 5.68. The minimum atomic E-state index is -1.44. The fourth-order valence-corrected chi connectivity index (χ4v) is 10.7. The van der Waals surface area contributed by atoms with Crippen molar-refractivity contribution in [2.45, 2.75) is 63.1 Å². The molecule has 8 nitrogen and oxygen atoms in total. The van der Waals surface area contributed by atoms with Crippen molar-refractivity contribution in [2.24, 2.45) is 0 Å². The molecule has 0 spiro atoms. The van der Waals surface area contributed by atoms with E-state index >= 15 is 0 Å². The normalized spacial score (nSPS) is 15.5. The van der Waals surface area contributed by atoms with Gasteiger partial charge in [0.15, 0.2) is 27.7 Å². The van der Waals surface area contributed by atoms with Crippen molar-refractivity contribution in [3.05, 3.63) is 46.9 Å². The lowest BCUT2D eigenvalue weighted by Crippen LogP contribution is -2.38. The molecule has 2 aromatic heterocycles. The summed E-state index contributed by atoms with van der Waals surface area (Å²) in [6.45, 7) is 21.3. The van der Waals surface area contributed by atoms with Gasteiger partial charge in [0.05, 0.1) is 56.8 Å². The van der Waals surface area contributed by atoms with E-state index in [1.807, 2.05) is 6.08 Å². The molecule has 0 radical (unpaired) electrons. The van der Waals surface area contributed by atoms with Crippen LogP contribution in [0.2, 0.25) is 39.3 Å². The number of esters is 1. The number of ketones is 1. The number of carbonyl (C=O) groups excluding carboxylic acids is 2. The second kappa shape index (κ2) is 20.4. The average molecular weight is 760 g/mol. The molecule has 0 N–H and O–H groups in total. The van der Waals surface area contributed by atoms with Gasteiger partial charge in [-0.15, -0.1) is 22.7 Å². The fourth-order valence-electron chi connectivity index (χ4n) is 3.87. The Balaban J connectivity index is 0.000000350. The van der Waals surface area contributed by atoms with Crippen molar-refractivity contribution in [2.75, 3.05) is 40.6 Å². The van der Waals surface area contributed by atoms with Gasteiger partial charge in [0.2, 0.25) is 0 Å². The van der Waals surface area contributed by atoms with Gasteiger partial charge in [0.1, 0.15) is 0 Å². The van der Waals surface area contributed by atoms with Gasteiger partial charge in [0, 0.05) is 26.6 Å². The molecule has 0 atom stereocenters. The largest absolute Gasteiger partial charge is 0.487 e. The highest BCUT2D eigenvalue weighted by Gasteiger charge is 2.31. The quantitative estimate of drug-likeness (QED) is 0.118. The number of methoxy groups -OCH3 is 2. The monoisotopic (exact) mass is 758 g/mol. The zero-order chi connectivity index (χ0) is 34.4. The predicted molar refractivity (Wildman–Crippen MR) is 194 cm³/mol. The minimum Gasteiger partial charge on any atom is -0.487 e. The molecule has 15 heteroatoms. The van der Waals surface area contributed by atoms with Gasteiger partial charge in [-0.25, -0.2) is 4.79 Å². The summed E-state index contributed by atoms with van der Waals surface area (Å²) in [6, 6.07) is 4.17. The smallest absolute Gasteiger partial charge is 0.329 e. The van der Waals surface area contributed by atoms with Crippen LogP contribution >= 0.6 is 57.5 Å². The van der Waals surface area contributed by atoms with Gasteiger partial charge in [-0.2, -0.15) is 0 Å². The van der Waals surface area contributed by atoms with Gasteiger partial charge in [0.25, 0.3) is 0 Å². The molecule has 2 aliphatic heterocycles. The lowest BCUT2D eigenvalue weighted by atomic mass is 10.3. The lowest BCUT2D eigenvalue weighted by molar-refractivity contribution is -0.134. The first-order valence-electron chi connectivity index (χ1n) is 14.0. The number of carbonyl (C=O) groups is 2. The maximum atomic E-state index is 11.0. The summed E-state index contributed by atoms with van der Waals surface area (Å²) >= 11 is 17.9. The van der Waals surface area contributed by atoms with E-state index in [0.29, 0.717) is 26.4 Å². The Bertz CT molecular complexity index is 1240. The maximum Gasteiger partial charge on any atom is 0.329 e. The van der Waals surface area contributed by atoms with Gasteiger partial charge >= 0.3 is 5.97 Å². The van der Waals surface area contributed by atoms with Gasteiger partial charge in [-0.05, 0) is 35.7 Å². The van der Waals surface area contributed by atoms with Crippen LogP contribution in [-0.2, 0) is 33.3 Å². The Morgan fingerprint density at radius 3 is 1.62 bits per heavy atom. The van der Waals surface area contributed by atoms with E-state index < -0.39 is 26.4 Å². The first-order chi connectivity index (χ1) is 20.9. The number of thiophene rings is 2. The average Bonchev–Trinajstić information content (AvgIpc) is 3.76. The number of ether oxygens (including phenoxy) is 6. The van der Waals surface area contributed by atoms with Crippen molar-refractivity contribution in [1.82, 2.24) is 0 Å². The molecule has 2 aromatic rings. The third kappa shape index (κ3) is 15.6. The predicted octanol–water partition coefficient (Wildman–Crippen LogP) is 7.62. The highest BCUT2D eigenvalue weighted by molar-refractivity contribution is 7.28. The van der Waals surface area contributed by atoms with E-state index in [0.717, 1.165) is 21.6 Å². The zero-order valence-corrected chi connectivity index (χ0v) is 33.3. The Labute approximate surface area is 292 Å². The highest BCUT2D eigenvalue weighted by atomic mass is 35.6. The summed E-state index contributed by atoms with van der Waals surface area (Å²) in [5.41, 5.74) is 2.34. The van der Waals surface area contributed by atoms with E-state index in [-0.39, 0.29) is 18.4 Å². The molecule has 4 heterocycles. The standard InChI is InChI=1S/C14H20O3SSi.C11H18O3SSi.C4H6O2.CHCl3/c1-10(15)5-6-11-9-12(13-16-7-8-17-13)14(18-11)19(2,3)4;1-12-9-7-8(10-13-5-6-14-10)11(15-9)16(2,3)4;1-3-4(5)6-2;2-1(3)4/h5-6,9,13H,7-8H2,1-4H3;7,10H,5-6H2,1-4H3;3H,1H2,2H3;1H/b6-5+;;;. The van der Waals surface area contributed by atoms with Crippen LogP contribution in [0.3, 0.4) is 0 Å². The van der Waals surface area contributed by atoms with Gasteiger partial charge < -0.3 is 28.4 Å². The molecule has 2 fully saturated rings. The topological polar surface area (TPSA) is 89.5 Å². The minimum absolute atomic E-state index is 0.0675. The summed E-state index contributed by atoms with van der Waals surface area (Å²) in [5.74, 6) is -0.326. The van der Waals surface area contributed by atoms with Crippen molar-refractivity contribution in [1.29, 1.82) is 0 Å². The molecule has 0 unspecified atom stereocenters. The third-order valence-corrected chi connectivity index (χ3v) is 15.1. The molecule has 4 rings (SSSR count). The van der Waals surface area contributed by atoms with Crippen molar-refractivity contribution >= 4 is 100 Å². The van der Waals surface area contributed by atoms with E-state index in [1.54, 1.807) is 42.8 Å². The number of rotatable bonds is 8. The van der Waals surface area contributed by atoms with Gasteiger partial charge in [-0.1, -0.05) is 80.7 Å². The number of allylic oxidation sites excluding steroid dienone is 1. The first kappa shape index (κ1) is 42.0. The van der Waals surface area contributed by atoms with E-state index in [9.17, 15) is 9.59 Å². The SMILES string of the molecule is C=CC(=O)OC.CC(=O)/C=C/c1cc(C2OCCO2)c([Si](C)(C)C)s1.COc1cc(C2OCCO2)c([Si](C)(C)C)s1.ClC(Cl)Cl. The molecule has 2 saturated heterocycles. The zero-order valence-electron chi connectivity index (χ0n) is 27.4. The maximum absolute atomic E-state index is 11.0. The highest BCUT2D eigenvalue weighted by Crippen LogP contribution is 2.32. The van der Waals surface area contributed by atoms with E-state index in [1.165, 1.54) is 21.7 Å². The summed E-state index contributed by atoms with van der Waals surface area (Å²) in [7, 11) is 0.214. The van der Waals surface area contributed by atoms with Crippen LogP contribution in [0.1, 0.15) is 35.5 Å². The van der Waals surface area contributed by atoms with E-state index in [2.05, 4.69) is 62.7 Å². The summed E-state index contributed by atoms with van der Waals surface area (Å²) < 4.78 is 33.9. The molecule has 0 bridgehead atoms. The first-order valence-corrected chi connectivity index (χ1v) is 24.0. The molecule has 0 aliphatic carbocycles. The molecule has 0 amide bonds. The molecular formula is C30H45Cl3O8S2Si2. The Morgan fingerprint density at radius 2 is 1.29 bits per heavy atom. The molecule has 254 valence electrons. The Hall–Kier alpha value is -1.04. The van der Waals surface area contributed by atoms with Gasteiger partial charge in [-0.3, -0.25) is 4.79 Å². The number of hydrogen-bond donors (Lipinski definition) is 0. The Morgan fingerprint density at radius 1 is 0.867 bits per heavy atom. The van der Waals surface area contributed by atoms with Crippen molar-refractivity contribution in [3.8, 4) is 5.06 Å². The van der Waals surface area contributed by atoms with Crippen LogP contribution < -0.4 is 13.7 Å². The second-order valence-electron chi connectivity index (χ2n) is 11.6. The molecular weight excluding hydrogens is 715 g/mol. The van der Waals surface area contributed by atoms with Crippen molar-refractivity contribution in [3.63, 3.8) is 0 Å². The molecule has 45 heavy (non-hydrogen) atoms. The number of alkyl halides is 3. The summed E-state index contributed by atoms with van der Waals surface area (Å²) in [4.78, 5) is 22.0. The lowest BCUT2D eigenvalue weighted by Gasteiger charge is -2.19. The van der Waals surface area contributed by atoms with Crippen LogP contribution in [0.15, 0.2) is 30.9 Å². The Kier molecular flexibility index (Phi) is 19.0. The van der Waals surface area contributed by atoms with Crippen LogP contribution in [0.5, 0.6) is 5.06 Å². The molecule has 2 aliphatic rings. The number of hydrogen-bond acceptors (Lipinski definition) is 10. The van der Waals surface area contributed by atoms with Crippen LogP contribution in [0.4, 0.5) is 0 Å². The summed E-state index contributed by atoms with van der Waals surface area (Å²) in [5, 5.41) is 0.950. The molecule has 0 aromatic carbocycles. The van der Waals surface area contributed by atoms with Crippen LogP contribution in [0, 0.1) is 0 Å². The summed E-state index contributed by atoms with van der Waals surface area (Å²) in [6.07, 6.45) is 4.20.